The highest BCUT2D eigenvalue weighted by molar-refractivity contribution is 5.90. The third kappa shape index (κ3) is 3.12. The number of rotatable bonds is 4. The summed E-state index contributed by atoms with van der Waals surface area (Å²) in [6, 6.07) is 9.57. The van der Waals surface area contributed by atoms with E-state index in [0.29, 0.717) is 11.1 Å². The van der Waals surface area contributed by atoms with E-state index in [0.717, 1.165) is 18.2 Å². The molecule has 0 saturated heterocycles. The molecule has 104 valence electrons. The molecule has 0 heterocycles. The lowest BCUT2D eigenvalue weighted by atomic mass is 10.1. The number of halogens is 2. The Bertz CT molecular complexity index is 626. The Hall–Kier alpha value is -2.43. The van der Waals surface area contributed by atoms with Gasteiger partial charge in [-0.2, -0.15) is 0 Å². The minimum absolute atomic E-state index is 0.0638. The van der Waals surface area contributed by atoms with Gasteiger partial charge >= 0.3 is 5.97 Å². The highest BCUT2D eigenvalue weighted by Crippen LogP contribution is 2.20. The van der Waals surface area contributed by atoms with Gasteiger partial charge in [-0.3, -0.25) is 0 Å². The van der Waals surface area contributed by atoms with Crippen molar-refractivity contribution in [2.45, 2.75) is 6.61 Å². The van der Waals surface area contributed by atoms with E-state index < -0.39 is 17.6 Å². The Morgan fingerprint density at radius 1 is 1.15 bits per heavy atom. The van der Waals surface area contributed by atoms with Gasteiger partial charge < -0.3 is 9.47 Å². The van der Waals surface area contributed by atoms with Crippen molar-refractivity contribution in [2.75, 3.05) is 7.11 Å². The summed E-state index contributed by atoms with van der Waals surface area (Å²) in [6.45, 7) is -0.0638. The Morgan fingerprint density at radius 3 is 2.65 bits per heavy atom. The number of benzene rings is 2. The van der Waals surface area contributed by atoms with Crippen molar-refractivity contribution in [1.29, 1.82) is 0 Å². The van der Waals surface area contributed by atoms with E-state index >= 15 is 0 Å². The molecule has 0 aromatic heterocycles. The molecule has 0 saturated carbocycles. The number of carbonyl (C=O) groups excluding carboxylic acids is 1. The van der Waals surface area contributed by atoms with Crippen molar-refractivity contribution >= 4 is 5.97 Å². The van der Waals surface area contributed by atoms with Crippen LogP contribution in [0.5, 0.6) is 5.75 Å². The van der Waals surface area contributed by atoms with Gasteiger partial charge in [0.05, 0.1) is 12.7 Å². The Labute approximate surface area is 114 Å². The molecular weight excluding hydrogens is 266 g/mol. The largest absolute Gasteiger partial charge is 0.486 e. The van der Waals surface area contributed by atoms with E-state index in [1.54, 1.807) is 24.3 Å². The normalized spacial score (nSPS) is 10.2. The quantitative estimate of drug-likeness (QED) is 0.805. The molecule has 5 heteroatoms. The summed E-state index contributed by atoms with van der Waals surface area (Å²) >= 11 is 0. The average molecular weight is 278 g/mol. The number of hydrogen-bond acceptors (Lipinski definition) is 3. The van der Waals surface area contributed by atoms with Crippen LogP contribution in [0, 0.1) is 11.6 Å². The third-order valence-electron chi connectivity index (χ3n) is 2.70. The molecular formula is C15H12F2O3. The molecule has 20 heavy (non-hydrogen) atoms. The summed E-state index contributed by atoms with van der Waals surface area (Å²) in [7, 11) is 1.27. The van der Waals surface area contributed by atoms with Gasteiger partial charge in [0.1, 0.15) is 12.4 Å². The highest BCUT2D eigenvalue weighted by atomic mass is 19.1. The van der Waals surface area contributed by atoms with E-state index in [4.69, 9.17) is 4.74 Å². The second-order valence-electron chi connectivity index (χ2n) is 4.01. The Kier molecular flexibility index (Phi) is 4.30. The molecule has 0 bridgehead atoms. The highest BCUT2D eigenvalue weighted by Gasteiger charge is 2.12. The van der Waals surface area contributed by atoms with Crippen LogP contribution in [0.4, 0.5) is 8.78 Å². The standard InChI is InChI=1S/C15H12F2O3/c1-19-15(18)12-5-3-2-4-10(12)9-20-14-8-11(16)6-7-13(14)17/h2-8H,9H2,1H3. The van der Waals surface area contributed by atoms with Crippen LogP contribution >= 0.6 is 0 Å². The van der Waals surface area contributed by atoms with E-state index in [1.165, 1.54) is 7.11 Å². The van der Waals surface area contributed by atoms with Crippen LogP contribution in [-0.2, 0) is 11.3 Å². The van der Waals surface area contributed by atoms with Gasteiger partial charge in [0.25, 0.3) is 0 Å². The fourth-order valence-corrected chi connectivity index (χ4v) is 1.70. The topological polar surface area (TPSA) is 35.5 Å². The van der Waals surface area contributed by atoms with Gasteiger partial charge in [-0.15, -0.1) is 0 Å². The predicted molar refractivity (Wildman–Crippen MR) is 68.5 cm³/mol. The predicted octanol–water partition coefficient (Wildman–Crippen LogP) is 3.33. The summed E-state index contributed by atoms with van der Waals surface area (Å²) in [6.07, 6.45) is 0. The zero-order valence-corrected chi connectivity index (χ0v) is 10.7. The summed E-state index contributed by atoms with van der Waals surface area (Å²) < 4.78 is 36.3. The maximum atomic E-state index is 13.4. The molecule has 0 fully saturated rings. The van der Waals surface area contributed by atoms with Crippen LogP contribution in [-0.4, -0.2) is 13.1 Å². The van der Waals surface area contributed by atoms with Crippen molar-refractivity contribution in [3.63, 3.8) is 0 Å². The number of methoxy groups -OCH3 is 1. The van der Waals surface area contributed by atoms with Gasteiger partial charge in [-0.25, -0.2) is 13.6 Å². The lowest BCUT2D eigenvalue weighted by Crippen LogP contribution is -2.08. The molecule has 3 nitrogen and oxygen atoms in total. The molecule has 0 aliphatic rings. The number of esters is 1. The molecule has 0 radical (unpaired) electrons. The first-order valence-corrected chi connectivity index (χ1v) is 5.86. The summed E-state index contributed by atoms with van der Waals surface area (Å²) in [5.74, 6) is -1.97. The van der Waals surface area contributed by atoms with Crippen molar-refractivity contribution in [1.82, 2.24) is 0 Å². The Balaban J connectivity index is 2.19. The first-order valence-electron chi connectivity index (χ1n) is 5.86. The van der Waals surface area contributed by atoms with E-state index in [-0.39, 0.29) is 12.4 Å². The minimum Gasteiger partial charge on any atom is -0.486 e. The smallest absolute Gasteiger partial charge is 0.338 e. The maximum Gasteiger partial charge on any atom is 0.338 e. The molecule has 0 aliphatic heterocycles. The van der Waals surface area contributed by atoms with Gasteiger partial charge in [0, 0.05) is 11.6 Å². The van der Waals surface area contributed by atoms with Crippen molar-refractivity contribution < 1.29 is 23.0 Å². The summed E-state index contributed by atoms with van der Waals surface area (Å²) in [4.78, 5) is 11.6. The molecule has 2 rings (SSSR count). The van der Waals surface area contributed by atoms with Crippen LogP contribution in [0.1, 0.15) is 15.9 Å². The van der Waals surface area contributed by atoms with E-state index in [2.05, 4.69) is 4.74 Å². The number of carbonyl (C=O) groups is 1. The fraction of sp³-hybridized carbons (Fsp3) is 0.133. The lowest BCUT2D eigenvalue weighted by molar-refractivity contribution is 0.0597. The lowest BCUT2D eigenvalue weighted by Gasteiger charge is -2.10. The van der Waals surface area contributed by atoms with Crippen molar-refractivity contribution in [2.24, 2.45) is 0 Å². The van der Waals surface area contributed by atoms with Crippen molar-refractivity contribution in [3.8, 4) is 5.75 Å². The first-order chi connectivity index (χ1) is 9.61. The molecule has 0 aliphatic carbocycles. The Morgan fingerprint density at radius 2 is 1.90 bits per heavy atom. The fourth-order valence-electron chi connectivity index (χ4n) is 1.70. The van der Waals surface area contributed by atoms with E-state index in [9.17, 15) is 13.6 Å². The van der Waals surface area contributed by atoms with Crippen LogP contribution in [0.25, 0.3) is 0 Å². The summed E-state index contributed by atoms with van der Waals surface area (Å²) in [5, 5.41) is 0. The molecule has 0 N–H and O–H groups in total. The summed E-state index contributed by atoms with van der Waals surface area (Å²) in [5.41, 5.74) is 0.856. The van der Waals surface area contributed by atoms with Crippen LogP contribution in [0.3, 0.4) is 0 Å². The second-order valence-corrected chi connectivity index (χ2v) is 4.01. The van der Waals surface area contributed by atoms with Gasteiger partial charge in [0.2, 0.25) is 0 Å². The maximum absolute atomic E-state index is 13.4. The van der Waals surface area contributed by atoms with E-state index in [1.807, 2.05) is 0 Å². The van der Waals surface area contributed by atoms with Crippen molar-refractivity contribution in [3.05, 3.63) is 65.2 Å². The first kappa shape index (κ1) is 14.0. The van der Waals surface area contributed by atoms with Crippen LogP contribution in [0.15, 0.2) is 42.5 Å². The molecule has 0 unspecified atom stereocenters. The monoisotopic (exact) mass is 278 g/mol. The van der Waals surface area contributed by atoms with Gasteiger partial charge in [-0.05, 0) is 18.2 Å². The van der Waals surface area contributed by atoms with Gasteiger partial charge in [0.15, 0.2) is 11.6 Å². The molecule has 0 spiro atoms. The SMILES string of the molecule is COC(=O)c1ccccc1COc1cc(F)ccc1F. The van der Waals surface area contributed by atoms with Crippen LogP contribution in [0.2, 0.25) is 0 Å². The zero-order valence-electron chi connectivity index (χ0n) is 10.7. The number of hydrogen-bond donors (Lipinski definition) is 0. The molecule has 0 atom stereocenters. The zero-order chi connectivity index (χ0) is 14.5. The molecule has 2 aromatic carbocycles. The molecule has 0 amide bonds. The molecule has 2 aromatic rings. The average Bonchev–Trinajstić information content (AvgIpc) is 2.47. The third-order valence-corrected chi connectivity index (χ3v) is 2.70. The van der Waals surface area contributed by atoms with Gasteiger partial charge in [-0.1, -0.05) is 18.2 Å². The number of ether oxygens (including phenoxy) is 2. The second kappa shape index (κ2) is 6.14. The minimum atomic E-state index is -0.665. The van der Waals surface area contributed by atoms with Crippen LogP contribution < -0.4 is 4.74 Å².